The van der Waals surface area contributed by atoms with E-state index in [4.69, 9.17) is 0 Å². The minimum atomic E-state index is -0.878. The van der Waals surface area contributed by atoms with Crippen LogP contribution in [0.3, 0.4) is 0 Å². The molecule has 1 aromatic heterocycles. The predicted molar refractivity (Wildman–Crippen MR) is 90.0 cm³/mol. The Labute approximate surface area is 141 Å². The predicted octanol–water partition coefficient (Wildman–Crippen LogP) is 1.75. The van der Waals surface area contributed by atoms with E-state index in [0.29, 0.717) is 6.54 Å². The van der Waals surface area contributed by atoms with E-state index in [2.05, 4.69) is 10.3 Å². The molecule has 6 nitrogen and oxygen atoms in total. The second kappa shape index (κ2) is 6.47. The largest absolute Gasteiger partial charge is 0.340 e. The van der Waals surface area contributed by atoms with Gasteiger partial charge in [-0.05, 0) is 25.8 Å². The molecule has 1 N–H and O–H groups in total. The molecule has 1 atom stereocenters. The van der Waals surface area contributed by atoms with Gasteiger partial charge in [-0.25, -0.2) is 4.98 Å². The molecule has 126 valence electrons. The summed E-state index contributed by atoms with van der Waals surface area (Å²) in [5.41, 5.74) is -0.0429. The van der Waals surface area contributed by atoms with Gasteiger partial charge in [-0.3, -0.25) is 9.59 Å². The van der Waals surface area contributed by atoms with Crippen LogP contribution in [-0.2, 0) is 16.1 Å². The zero-order chi connectivity index (χ0) is 17.2. The Kier molecular flexibility index (Phi) is 4.38. The van der Waals surface area contributed by atoms with Gasteiger partial charge in [0.05, 0.1) is 6.33 Å². The summed E-state index contributed by atoms with van der Waals surface area (Å²) in [6.45, 7) is 4.77. The van der Waals surface area contributed by atoms with E-state index in [1.165, 1.54) is 0 Å². The molecule has 0 radical (unpaired) electrons. The van der Waals surface area contributed by atoms with Crippen LogP contribution in [0.25, 0.3) is 0 Å². The van der Waals surface area contributed by atoms with Gasteiger partial charge in [0.15, 0.2) is 0 Å². The number of nitrogens with one attached hydrogen (secondary N) is 1. The first kappa shape index (κ1) is 16.2. The van der Waals surface area contributed by atoms with Crippen molar-refractivity contribution >= 4 is 11.8 Å². The van der Waals surface area contributed by atoms with Crippen molar-refractivity contribution in [1.29, 1.82) is 0 Å². The van der Waals surface area contributed by atoms with Crippen LogP contribution < -0.4 is 5.32 Å². The van der Waals surface area contributed by atoms with Crippen molar-refractivity contribution in [2.75, 3.05) is 6.54 Å². The summed E-state index contributed by atoms with van der Waals surface area (Å²) in [5.74, 6) is -0.185. The number of aryl methyl sites for hydroxylation is 1. The van der Waals surface area contributed by atoms with Gasteiger partial charge in [0, 0.05) is 25.5 Å². The van der Waals surface area contributed by atoms with Gasteiger partial charge in [-0.1, -0.05) is 30.3 Å². The first-order valence-electron chi connectivity index (χ1n) is 8.13. The highest BCUT2D eigenvalue weighted by Crippen LogP contribution is 2.29. The van der Waals surface area contributed by atoms with Crippen molar-refractivity contribution in [3.05, 3.63) is 54.6 Å². The Morgan fingerprint density at radius 3 is 2.58 bits per heavy atom. The Hall–Kier alpha value is -2.63. The third kappa shape index (κ3) is 3.18. The number of imidazole rings is 1. The fraction of sp³-hybridized carbons (Fsp3) is 0.389. The van der Waals surface area contributed by atoms with Crippen molar-refractivity contribution in [3.63, 3.8) is 0 Å². The smallest absolute Gasteiger partial charge is 0.248 e. The van der Waals surface area contributed by atoms with E-state index in [-0.39, 0.29) is 11.8 Å². The van der Waals surface area contributed by atoms with Crippen LogP contribution in [0.1, 0.15) is 31.9 Å². The van der Waals surface area contributed by atoms with Gasteiger partial charge in [0.2, 0.25) is 11.8 Å². The zero-order valence-corrected chi connectivity index (χ0v) is 14.0. The molecule has 2 heterocycles. The summed E-state index contributed by atoms with van der Waals surface area (Å²) >= 11 is 0. The van der Waals surface area contributed by atoms with Crippen LogP contribution in [0.15, 0.2) is 49.1 Å². The van der Waals surface area contributed by atoms with E-state index in [1.54, 1.807) is 31.3 Å². The van der Waals surface area contributed by atoms with Crippen LogP contribution in [0.4, 0.5) is 0 Å². The van der Waals surface area contributed by atoms with Crippen LogP contribution in [-0.4, -0.2) is 38.3 Å². The van der Waals surface area contributed by atoms with Gasteiger partial charge in [-0.2, -0.15) is 0 Å². The van der Waals surface area contributed by atoms with Crippen LogP contribution in [0, 0.1) is 0 Å². The first-order valence-corrected chi connectivity index (χ1v) is 8.13. The van der Waals surface area contributed by atoms with Gasteiger partial charge in [0.25, 0.3) is 0 Å². The average molecular weight is 326 g/mol. The minimum absolute atomic E-state index is 0.0541. The van der Waals surface area contributed by atoms with Gasteiger partial charge < -0.3 is 14.8 Å². The number of benzene rings is 1. The molecule has 0 spiro atoms. The summed E-state index contributed by atoms with van der Waals surface area (Å²) < 4.78 is 1.97. The monoisotopic (exact) mass is 326 g/mol. The molecule has 1 aromatic carbocycles. The van der Waals surface area contributed by atoms with Crippen molar-refractivity contribution in [3.8, 4) is 0 Å². The highest BCUT2D eigenvalue weighted by atomic mass is 16.2. The number of hydrogen-bond acceptors (Lipinski definition) is 3. The molecule has 0 bridgehead atoms. The number of rotatable bonds is 5. The van der Waals surface area contributed by atoms with E-state index in [1.807, 2.05) is 41.1 Å². The molecule has 24 heavy (non-hydrogen) atoms. The van der Waals surface area contributed by atoms with E-state index in [9.17, 15) is 9.59 Å². The molecule has 2 aromatic rings. The van der Waals surface area contributed by atoms with Crippen LogP contribution >= 0.6 is 0 Å². The van der Waals surface area contributed by atoms with E-state index in [0.717, 1.165) is 18.5 Å². The zero-order valence-electron chi connectivity index (χ0n) is 14.0. The quantitative estimate of drug-likeness (QED) is 0.910. The third-order valence-electron chi connectivity index (χ3n) is 4.28. The summed E-state index contributed by atoms with van der Waals surface area (Å²) in [7, 11) is 0. The Balaban J connectivity index is 1.81. The molecule has 1 aliphatic rings. The first-order chi connectivity index (χ1) is 11.5. The number of piperazine rings is 1. The second-order valence-electron chi connectivity index (χ2n) is 6.58. The molecule has 1 fully saturated rings. The minimum Gasteiger partial charge on any atom is -0.340 e. The van der Waals surface area contributed by atoms with Gasteiger partial charge in [-0.15, -0.1) is 0 Å². The maximum atomic E-state index is 12.9. The highest BCUT2D eigenvalue weighted by Gasteiger charge is 2.45. The number of carbonyl (C=O) groups excluding carboxylic acids is 2. The number of aromatic nitrogens is 2. The standard InChI is InChI=1S/C18H22N4O2/c1-18(2)17(24)22(11-6-10-21-12-9-19-13-21)15(16(23)20-18)14-7-4-3-5-8-14/h3-5,7-9,12-13,15H,6,10-11H2,1-2H3,(H,20,23). The lowest BCUT2D eigenvalue weighted by Gasteiger charge is -2.43. The van der Waals surface area contributed by atoms with E-state index >= 15 is 0 Å². The molecular formula is C18H22N4O2. The highest BCUT2D eigenvalue weighted by molar-refractivity contribution is 5.99. The van der Waals surface area contributed by atoms with Crippen molar-refractivity contribution < 1.29 is 9.59 Å². The van der Waals surface area contributed by atoms with Crippen molar-refractivity contribution in [2.24, 2.45) is 0 Å². The molecule has 3 rings (SSSR count). The van der Waals surface area contributed by atoms with Gasteiger partial charge in [0.1, 0.15) is 11.6 Å². The Morgan fingerprint density at radius 2 is 1.92 bits per heavy atom. The summed E-state index contributed by atoms with van der Waals surface area (Å²) in [4.78, 5) is 31.2. The fourth-order valence-corrected chi connectivity index (χ4v) is 3.09. The topological polar surface area (TPSA) is 67.2 Å². The molecule has 1 aliphatic heterocycles. The van der Waals surface area contributed by atoms with Crippen LogP contribution in [0.2, 0.25) is 0 Å². The van der Waals surface area contributed by atoms with Crippen molar-refractivity contribution in [1.82, 2.24) is 19.8 Å². The molecular weight excluding hydrogens is 304 g/mol. The normalized spacial score (nSPS) is 20.1. The SMILES string of the molecule is CC1(C)NC(=O)C(c2ccccc2)N(CCCn2ccnc2)C1=O. The molecule has 1 unspecified atom stereocenters. The lowest BCUT2D eigenvalue weighted by molar-refractivity contribution is -0.154. The molecule has 0 aliphatic carbocycles. The number of carbonyl (C=O) groups is 2. The lowest BCUT2D eigenvalue weighted by atomic mass is 9.93. The third-order valence-corrected chi connectivity index (χ3v) is 4.28. The number of nitrogens with zero attached hydrogens (tertiary/aromatic N) is 3. The Bertz CT molecular complexity index is 710. The molecule has 2 amide bonds. The fourth-order valence-electron chi connectivity index (χ4n) is 3.09. The number of hydrogen-bond donors (Lipinski definition) is 1. The molecule has 0 saturated carbocycles. The maximum Gasteiger partial charge on any atom is 0.248 e. The molecule has 6 heteroatoms. The second-order valence-corrected chi connectivity index (χ2v) is 6.58. The van der Waals surface area contributed by atoms with Crippen LogP contribution in [0.5, 0.6) is 0 Å². The van der Waals surface area contributed by atoms with Gasteiger partial charge >= 0.3 is 0 Å². The summed E-state index contributed by atoms with van der Waals surface area (Å²) in [6.07, 6.45) is 6.14. The van der Waals surface area contributed by atoms with Crippen molar-refractivity contribution in [2.45, 2.75) is 38.4 Å². The number of amides is 2. The summed E-state index contributed by atoms with van der Waals surface area (Å²) in [6, 6.07) is 8.87. The Morgan fingerprint density at radius 1 is 1.17 bits per heavy atom. The average Bonchev–Trinajstić information content (AvgIpc) is 3.06. The summed E-state index contributed by atoms with van der Waals surface area (Å²) in [5, 5.41) is 2.84. The van der Waals surface area contributed by atoms with E-state index < -0.39 is 11.6 Å². The molecule has 1 saturated heterocycles. The maximum absolute atomic E-state index is 12.9. The lowest BCUT2D eigenvalue weighted by Crippen LogP contribution is -2.64.